The molecule has 0 aromatic heterocycles. The van der Waals surface area contributed by atoms with Gasteiger partial charge in [0.05, 0.1) is 0 Å². The summed E-state index contributed by atoms with van der Waals surface area (Å²) in [5, 5.41) is 20.2. The van der Waals surface area contributed by atoms with E-state index in [4.69, 9.17) is 0 Å². The van der Waals surface area contributed by atoms with Gasteiger partial charge in [-0.1, -0.05) is 37.1 Å². The smallest absolute Gasteiger partial charge is 0.320 e. The zero-order valence-corrected chi connectivity index (χ0v) is 22.6. The van der Waals surface area contributed by atoms with Crippen LogP contribution in [0.2, 0.25) is 0 Å². The van der Waals surface area contributed by atoms with Gasteiger partial charge in [0.2, 0.25) is 0 Å². The number of carbonyl (C=O) groups is 1. The quantitative estimate of drug-likeness (QED) is 0.344. The topological polar surface area (TPSA) is 64.0 Å². The molecule has 3 fully saturated rings. The lowest BCUT2D eigenvalue weighted by molar-refractivity contribution is -0.143. The van der Waals surface area contributed by atoms with Crippen molar-refractivity contribution in [1.82, 2.24) is 9.80 Å². The van der Waals surface area contributed by atoms with E-state index in [0.29, 0.717) is 57.9 Å². The first-order chi connectivity index (χ1) is 19.1. The highest BCUT2D eigenvalue weighted by Gasteiger charge is 2.44. The number of benzene rings is 2. The van der Waals surface area contributed by atoms with Gasteiger partial charge in [-0.25, -0.2) is 17.6 Å². The Labute approximate surface area is 232 Å². The van der Waals surface area contributed by atoms with Crippen molar-refractivity contribution in [3.8, 4) is 0 Å². The maximum atomic E-state index is 14.9. The summed E-state index contributed by atoms with van der Waals surface area (Å²) in [5.74, 6) is -4.69. The minimum absolute atomic E-state index is 0.000588. The van der Waals surface area contributed by atoms with E-state index in [9.17, 15) is 32.6 Å². The molecule has 1 aliphatic carbocycles. The van der Waals surface area contributed by atoms with Crippen LogP contribution in [-0.2, 0) is 4.79 Å². The van der Waals surface area contributed by atoms with Crippen molar-refractivity contribution >= 4 is 5.97 Å². The number of nitrogens with zero attached hydrogens (tertiary/aromatic N) is 2. The number of alkyl halides is 2. The van der Waals surface area contributed by atoms with Crippen molar-refractivity contribution in [2.24, 2.45) is 17.8 Å². The van der Waals surface area contributed by atoms with Gasteiger partial charge in [0.15, 0.2) is 0 Å². The molecular formula is C31H38F4N2O3. The highest BCUT2D eigenvalue weighted by Crippen LogP contribution is 2.41. The van der Waals surface area contributed by atoms with E-state index in [-0.39, 0.29) is 29.1 Å². The zero-order valence-electron chi connectivity index (χ0n) is 22.6. The van der Waals surface area contributed by atoms with Crippen LogP contribution < -0.4 is 0 Å². The summed E-state index contributed by atoms with van der Waals surface area (Å²) >= 11 is 0. The molecule has 2 aromatic rings. The maximum Gasteiger partial charge on any atom is 0.320 e. The molecule has 3 aliphatic rings. The number of carboxylic acid groups (broad SMARTS) is 1. The van der Waals surface area contributed by atoms with Gasteiger partial charge in [0.1, 0.15) is 23.8 Å². The second-order valence-electron chi connectivity index (χ2n) is 12.1. The predicted octanol–water partition coefficient (Wildman–Crippen LogP) is 5.70. The first-order valence-corrected chi connectivity index (χ1v) is 14.3. The van der Waals surface area contributed by atoms with Gasteiger partial charge in [-0.2, -0.15) is 0 Å². The first kappa shape index (κ1) is 29.0. The fourth-order valence-corrected chi connectivity index (χ4v) is 6.62. The lowest BCUT2D eigenvalue weighted by Gasteiger charge is -2.36. The molecule has 40 heavy (non-hydrogen) atoms. The van der Waals surface area contributed by atoms with Gasteiger partial charge in [-0.05, 0) is 85.5 Å². The van der Waals surface area contributed by atoms with Crippen LogP contribution in [0.15, 0.2) is 48.5 Å². The Morgan fingerprint density at radius 3 is 2.27 bits per heavy atom. The normalized spacial score (nSPS) is 24.7. The van der Waals surface area contributed by atoms with Gasteiger partial charge in [-0.15, -0.1) is 0 Å². The summed E-state index contributed by atoms with van der Waals surface area (Å²) in [6, 6.07) is 10.5. The molecule has 218 valence electrons. The standard InChI is InChI=1S/C31H38F4N2O3/c32-25-8-6-22(7-9-25)29(38)31(34,35)16-21-10-12-36(13-11-21)17-24-18-37(28(30(39)40)14-20-4-5-20)19-27(24)23-2-1-3-26(33)15-23/h1-3,6-9,15,20-21,24,27-29,38H,4-5,10-14,16-19H2,(H,39,40)/t24-,27+,28+,29?/m0/s1. The molecular weight excluding hydrogens is 524 g/mol. The Balaban J connectivity index is 1.20. The van der Waals surface area contributed by atoms with E-state index < -0.39 is 36.3 Å². The number of halogens is 4. The number of hydrogen-bond acceptors (Lipinski definition) is 4. The molecule has 0 bridgehead atoms. The molecule has 1 unspecified atom stereocenters. The number of rotatable bonds is 11. The van der Waals surface area contributed by atoms with Crippen LogP contribution in [0.4, 0.5) is 17.6 Å². The van der Waals surface area contributed by atoms with Crippen molar-refractivity contribution in [1.29, 1.82) is 0 Å². The predicted molar refractivity (Wildman–Crippen MR) is 143 cm³/mol. The number of hydrogen-bond donors (Lipinski definition) is 2. The Bertz CT molecular complexity index is 1150. The molecule has 2 saturated heterocycles. The van der Waals surface area contributed by atoms with E-state index >= 15 is 0 Å². The van der Waals surface area contributed by atoms with Crippen LogP contribution in [-0.4, -0.2) is 70.7 Å². The molecule has 2 heterocycles. The second-order valence-corrected chi connectivity index (χ2v) is 12.1. The van der Waals surface area contributed by atoms with Gasteiger partial charge < -0.3 is 15.1 Å². The minimum Gasteiger partial charge on any atom is -0.480 e. The summed E-state index contributed by atoms with van der Waals surface area (Å²) in [4.78, 5) is 16.4. The SMILES string of the molecule is O=C(O)[C@@H](CC1CC1)N1C[C@H](CN2CCC(CC(F)(F)C(O)c3ccc(F)cc3)CC2)[C@@H](c2cccc(F)c2)C1. The molecule has 2 aromatic carbocycles. The van der Waals surface area contributed by atoms with Crippen LogP contribution in [0.5, 0.6) is 0 Å². The third kappa shape index (κ3) is 7.04. The monoisotopic (exact) mass is 562 g/mol. The fourth-order valence-electron chi connectivity index (χ4n) is 6.62. The average Bonchev–Trinajstić information content (AvgIpc) is 3.66. The zero-order chi connectivity index (χ0) is 28.4. The van der Waals surface area contributed by atoms with Crippen molar-refractivity contribution in [3.63, 3.8) is 0 Å². The molecule has 0 amide bonds. The number of likely N-dealkylation sites (tertiary alicyclic amines) is 2. The maximum absolute atomic E-state index is 14.9. The molecule has 0 spiro atoms. The molecule has 1 saturated carbocycles. The summed E-state index contributed by atoms with van der Waals surface area (Å²) in [6.45, 7) is 3.11. The van der Waals surface area contributed by atoms with Gasteiger partial charge >= 0.3 is 5.97 Å². The molecule has 4 atom stereocenters. The highest BCUT2D eigenvalue weighted by atomic mass is 19.3. The Morgan fingerprint density at radius 2 is 1.65 bits per heavy atom. The molecule has 2 aliphatic heterocycles. The summed E-state index contributed by atoms with van der Waals surface area (Å²) < 4.78 is 57.1. The van der Waals surface area contributed by atoms with Crippen molar-refractivity contribution < 1.29 is 32.6 Å². The largest absolute Gasteiger partial charge is 0.480 e. The third-order valence-electron chi connectivity index (χ3n) is 9.07. The van der Waals surface area contributed by atoms with E-state index in [1.54, 1.807) is 12.1 Å². The van der Waals surface area contributed by atoms with Crippen molar-refractivity contribution in [2.75, 3.05) is 32.7 Å². The van der Waals surface area contributed by atoms with Crippen molar-refractivity contribution in [2.45, 2.75) is 62.5 Å². The summed E-state index contributed by atoms with van der Waals surface area (Å²) in [6.07, 6.45) is 1.48. The number of aliphatic hydroxyl groups is 1. The molecule has 5 nitrogen and oxygen atoms in total. The average molecular weight is 563 g/mol. The summed E-state index contributed by atoms with van der Waals surface area (Å²) in [5.41, 5.74) is 0.867. The van der Waals surface area contributed by atoms with Crippen LogP contribution >= 0.6 is 0 Å². The van der Waals surface area contributed by atoms with E-state index in [0.717, 1.165) is 30.5 Å². The number of piperidine rings is 1. The van der Waals surface area contributed by atoms with E-state index in [1.807, 2.05) is 11.0 Å². The van der Waals surface area contributed by atoms with Gasteiger partial charge in [0.25, 0.3) is 5.92 Å². The first-order valence-electron chi connectivity index (χ1n) is 14.3. The van der Waals surface area contributed by atoms with Crippen molar-refractivity contribution in [3.05, 3.63) is 71.3 Å². The molecule has 0 radical (unpaired) electrons. The molecule has 5 rings (SSSR count). The highest BCUT2D eigenvalue weighted by molar-refractivity contribution is 5.73. The Morgan fingerprint density at radius 1 is 0.950 bits per heavy atom. The van der Waals surface area contributed by atoms with Gasteiger partial charge in [0, 0.05) is 32.0 Å². The van der Waals surface area contributed by atoms with Crippen LogP contribution in [0.1, 0.15) is 61.7 Å². The Kier molecular flexibility index (Phi) is 8.83. The fraction of sp³-hybridized carbons (Fsp3) is 0.581. The summed E-state index contributed by atoms with van der Waals surface area (Å²) in [7, 11) is 0. The van der Waals surface area contributed by atoms with E-state index in [2.05, 4.69) is 4.90 Å². The van der Waals surface area contributed by atoms with E-state index in [1.165, 1.54) is 18.2 Å². The number of aliphatic carboxylic acids is 1. The molecule has 9 heteroatoms. The Hall–Kier alpha value is -2.49. The minimum atomic E-state index is -3.33. The third-order valence-corrected chi connectivity index (χ3v) is 9.07. The lowest BCUT2D eigenvalue weighted by atomic mass is 9.85. The lowest BCUT2D eigenvalue weighted by Crippen LogP contribution is -2.42. The number of aliphatic hydroxyl groups excluding tert-OH is 1. The second kappa shape index (κ2) is 12.2. The van der Waals surface area contributed by atoms with Gasteiger partial charge in [-0.3, -0.25) is 9.69 Å². The van der Waals surface area contributed by atoms with Crippen LogP contribution in [0, 0.1) is 29.4 Å². The molecule has 2 N–H and O–H groups in total. The van der Waals surface area contributed by atoms with Crippen LogP contribution in [0.3, 0.4) is 0 Å². The number of carboxylic acids is 1. The van der Waals surface area contributed by atoms with Crippen LogP contribution in [0.25, 0.3) is 0 Å².